The van der Waals surface area contributed by atoms with Gasteiger partial charge in [-0.05, 0) is 58.7 Å². The number of anilines is 1. The van der Waals surface area contributed by atoms with Crippen LogP contribution in [-0.4, -0.2) is 17.9 Å². The highest BCUT2D eigenvalue weighted by Crippen LogP contribution is 2.62. The minimum absolute atomic E-state index is 0.0742. The van der Waals surface area contributed by atoms with E-state index in [9.17, 15) is 0 Å². The Morgan fingerprint density at radius 1 is 0.585 bits per heavy atom. The first-order valence-electron chi connectivity index (χ1n) is 14.2. The second kappa shape index (κ2) is 8.42. The van der Waals surface area contributed by atoms with Crippen LogP contribution in [0.2, 0.25) is 0 Å². The topological polar surface area (TPSA) is 24.8 Å². The summed E-state index contributed by atoms with van der Waals surface area (Å²) in [6.45, 7) is 0. The monoisotopic (exact) mass is 526 g/mol. The van der Waals surface area contributed by atoms with Gasteiger partial charge in [0.15, 0.2) is 0 Å². The molecule has 2 aliphatic carbocycles. The molecular weight excluding hydrogens is 500 g/mol. The number of hydrogen-bond acceptors (Lipinski definition) is 3. The second-order valence-electron chi connectivity index (χ2n) is 11.1. The highest BCUT2D eigenvalue weighted by atomic mass is 16.5. The van der Waals surface area contributed by atoms with Crippen molar-refractivity contribution in [1.82, 2.24) is 0 Å². The predicted octanol–water partition coefficient (Wildman–Crippen LogP) is 8.29. The zero-order valence-corrected chi connectivity index (χ0v) is 22.3. The van der Waals surface area contributed by atoms with Gasteiger partial charge in [-0.1, -0.05) is 109 Å². The van der Waals surface area contributed by atoms with Gasteiger partial charge in [0.2, 0.25) is 0 Å². The first-order valence-corrected chi connectivity index (χ1v) is 14.2. The number of allylic oxidation sites excluding steroid dienone is 2. The molecule has 3 heteroatoms. The summed E-state index contributed by atoms with van der Waals surface area (Å²) in [5.74, 6) is 2.78. The summed E-state index contributed by atoms with van der Waals surface area (Å²) < 4.78 is 6.64. The van der Waals surface area contributed by atoms with Crippen molar-refractivity contribution < 1.29 is 4.74 Å². The van der Waals surface area contributed by atoms with Crippen LogP contribution in [0.15, 0.2) is 151 Å². The summed E-state index contributed by atoms with van der Waals surface area (Å²) in [4.78, 5) is 7.68. The Morgan fingerprint density at radius 2 is 1.22 bits per heavy atom. The summed E-state index contributed by atoms with van der Waals surface area (Å²) >= 11 is 0. The molecule has 0 saturated heterocycles. The van der Waals surface area contributed by atoms with Gasteiger partial charge in [-0.15, -0.1) is 0 Å². The number of para-hydroxylation sites is 2. The predicted molar refractivity (Wildman–Crippen MR) is 165 cm³/mol. The van der Waals surface area contributed by atoms with E-state index < -0.39 is 5.41 Å². The maximum absolute atomic E-state index is 6.64. The summed E-state index contributed by atoms with van der Waals surface area (Å²) in [5, 5.41) is 0. The average Bonchev–Trinajstić information content (AvgIpc) is 3.57. The van der Waals surface area contributed by atoms with E-state index in [-0.39, 0.29) is 12.1 Å². The number of rotatable bonds is 2. The molecule has 0 aromatic heterocycles. The van der Waals surface area contributed by atoms with Crippen LogP contribution >= 0.6 is 0 Å². The Morgan fingerprint density at radius 3 is 2.00 bits per heavy atom. The molecule has 0 saturated carbocycles. The molecule has 0 radical (unpaired) electrons. The van der Waals surface area contributed by atoms with Crippen molar-refractivity contribution in [1.29, 1.82) is 0 Å². The molecule has 1 spiro atoms. The Kier molecular flexibility index (Phi) is 4.65. The maximum Gasteiger partial charge on any atom is 0.136 e. The smallest absolute Gasteiger partial charge is 0.136 e. The summed E-state index contributed by atoms with van der Waals surface area (Å²) in [5.41, 5.74) is 9.22. The molecule has 0 amide bonds. The zero-order chi connectivity index (χ0) is 27.0. The van der Waals surface area contributed by atoms with E-state index in [0.717, 1.165) is 34.1 Å². The molecule has 3 nitrogen and oxygen atoms in total. The quantitative estimate of drug-likeness (QED) is 0.226. The lowest BCUT2D eigenvalue weighted by atomic mass is 9.66. The second-order valence-corrected chi connectivity index (χ2v) is 11.1. The van der Waals surface area contributed by atoms with E-state index >= 15 is 0 Å². The van der Waals surface area contributed by atoms with Crippen LogP contribution in [0, 0.1) is 0 Å². The maximum atomic E-state index is 6.64. The third kappa shape index (κ3) is 3.01. The lowest BCUT2D eigenvalue weighted by Crippen LogP contribution is -2.39. The van der Waals surface area contributed by atoms with Gasteiger partial charge in [0.05, 0.1) is 17.5 Å². The van der Waals surface area contributed by atoms with Crippen molar-refractivity contribution in [3.8, 4) is 22.6 Å². The van der Waals surface area contributed by atoms with Gasteiger partial charge in [0, 0.05) is 22.4 Å². The molecule has 2 heterocycles. The lowest BCUT2D eigenvalue weighted by molar-refractivity contribution is 0.436. The van der Waals surface area contributed by atoms with Gasteiger partial charge in [0.25, 0.3) is 0 Å². The van der Waals surface area contributed by atoms with E-state index in [1.165, 1.54) is 27.8 Å². The number of nitrogens with zero attached hydrogens (tertiary/aromatic N) is 2. The van der Waals surface area contributed by atoms with Crippen molar-refractivity contribution in [3.05, 3.63) is 173 Å². The van der Waals surface area contributed by atoms with Crippen LogP contribution in [0.25, 0.3) is 11.1 Å². The molecule has 0 fully saturated rings. The van der Waals surface area contributed by atoms with E-state index in [0.29, 0.717) is 0 Å². The number of hydrogen-bond donors (Lipinski definition) is 0. The molecule has 0 N–H and O–H groups in total. The van der Waals surface area contributed by atoms with Crippen molar-refractivity contribution >= 4 is 11.5 Å². The van der Waals surface area contributed by atoms with Crippen LogP contribution in [-0.2, 0) is 5.41 Å². The van der Waals surface area contributed by atoms with Crippen molar-refractivity contribution in [2.24, 2.45) is 4.99 Å². The standard InChI is InChI=1S/C38H26N2O/c1-2-12-26(13-3-1)40-34-20-10-9-19-33(34)39-37(40)25-22-23-36-32(24-25)38(31-18-8-11-21-35(31)41-36)29-16-6-4-14-27(29)28-15-5-7-17-30(28)38/h1-24,33-34H. The number of amidine groups is 1. The fraction of sp³-hybridized carbons (Fsp3) is 0.0789. The zero-order valence-electron chi connectivity index (χ0n) is 22.3. The fourth-order valence-electron chi connectivity index (χ4n) is 7.38. The SMILES string of the molecule is C1=CC2N=C(c3ccc4c(c3)C3(c5ccccc5O4)c4ccccc4-c4ccccc43)N(c3ccccc3)C2C=C1. The van der Waals surface area contributed by atoms with Crippen LogP contribution in [0.3, 0.4) is 0 Å². The Bertz CT molecular complexity index is 1910. The molecule has 2 atom stereocenters. The third-order valence-electron chi connectivity index (χ3n) is 9.01. The molecule has 194 valence electrons. The summed E-state index contributed by atoms with van der Waals surface area (Å²) in [7, 11) is 0. The molecule has 5 aromatic carbocycles. The lowest BCUT2D eigenvalue weighted by Gasteiger charge is -2.39. The van der Waals surface area contributed by atoms with E-state index in [1.54, 1.807) is 0 Å². The molecule has 5 aromatic rings. The first-order chi connectivity index (χ1) is 20.3. The number of fused-ring (bicyclic) bond motifs is 10. The Balaban J connectivity index is 1.32. The minimum atomic E-state index is -0.489. The van der Waals surface area contributed by atoms with Gasteiger partial charge >= 0.3 is 0 Å². The van der Waals surface area contributed by atoms with Crippen molar-refractivity contribution in [3.63, 3.8) is 0 Å². The van der Waals surface area contributed by atoms with E-state index in [4.69, 9.17) is 9.73 Å². The highest BCUT2D eigenvalue weighted by Gasteiger charge is 2.51. The molecule has 9 rings (SSSR count). The van der Waals surface area contributed by atoms with Gasteiger partial charge in [-0.3, -0.25) is 4.99 Å². The van der Waals surface area contributed by atoms with Gasteiger partial charge in [0.1, 0.15) is 17.3 Å². The Labute approximate surface area is 239 Å². The highest BCUT2D eigenvalue weighted by molar-refractivity contribution is 6.12. The first kappa shape index (κ1) is 22.6. The Hall–Kier alpha value is -5.15. The average molecular weight is 527 g/mol. The van der Waals surface area contributed by atoms with Gasteiger partial charge in [-0.25, -0.2) is 0 Å². The summed E-state index contributed by atoms with van der Waals surface area (Å²) in [6, 6.07) is 43.7. The molecule has 41 heavy (non-hydrogen) atoms. The van der Waals surface area contributed by atoms with Gasteiger partial charge in [-0.2, -0.15) is 0 Å². The van der Waals surface area contributed by atoms with E-state index in [1.807, 2.05) is 0 Å². The minimum Gasteiger partial charge on any atom is -0.457 e. The number of benzene rings is 5. The summed E-state index contributed by atoms with van der Waals surface area (Å²) in [6.07, 6.45) is 8.71. The molecule has 0 bridgehead atoms. The third-order valence-corrected chi connectivity index (χ3v) is 9.01. The number of ether oxygens (including phenoxy) is 1. The van der Waals surface area contributed by atoms with E-state index in [2.05, 4.69) is 151 Å². The van der Waals surface area contributed by atoms with Crippen LogP contribution in [0.4, 0.5) is 5.69 Å². The fourth-order valence-corrected chi connectivity index (χ4v) is 7.38. The van der Waals surface area contributed by atoms with Crippen LogP contribution in [0.1, 0.15) is 27.8 Å². The normalized spacial score (nSPS) is 20.0. The molecule has 2 aliphatic heterocycles. The van der Waals surface area contributed by atoms with Gasteiger partial charge < -0.3 is 9.64 Å². The van der Waals surface area contributed by atoms with Crippen molar-refractivity contribution in [2.45, 2.75) is 17.5 Å². The molecule has 2 unspecified atom stereocenters. The molecular formula is C38H26N2O. The van der Waals surface area contributed by atoms with Crippen LogP contribution in [0.5, 0.6) is 11.5 Å². The van der Waals surface area contributed by atoms with Crippen LogP contribution < -0.4 is 9.64 Å². The largest absolute Gasteiger partial charge is 0.457 e. The number of aliphatic imine (C=N–C) groups is 1. The van der Waals surface area contributed by atoms with Crippen molar-refractivity contribution in [2.75, 3.05) is 4.90 Å². The molecule has 4 aliphatic rings.